The number of rotatable bonds is 4. The van der Waals surface area contributed by atoms with Gasteiger partial charge in [-0.3, -0.25) is 4.79 Å². The molecule has 0 saturated carbocycles. The lowest BCUT2D eigenvalue weighted by molar-refractivity contribution is -0.114. The minimum absolute atomic E-state index is 0.0569. The molecule has 0 fully saturated rings. The number of anilines is 2. The van der Waals surface area contributed by atoms with Gasteiger partial charge in [0.15, 0.2) is 0 Å². The number of amides is 1. The number of benzene rings is 1. The highest BCUT2D eigenvalue weighted by Crippen LogP contribution is 2.21. The number of thiazole rings is 1. The average molecular weight is 275 g/mol. The van der Waals surface area contributed by atoms with Crippen molar-refractivity contribution < 1.29 is 4.79 Å². The third-order valence-electron chi connectivity index (χ3n) is 2.85. The molecule has 1 heterocycles. The van der Waals surface area contributed by atoms with Gasteiger partial charge in [-0.1, -0.05) is 6.07 Å². The predicted octanol–water partition coefficient (Wildman–Crippen LogP) is 3.33. The highest BCUT2D eigenvalue weighted by atomic mass is 32.1. The molecule has 0 saturated heterocycles. The van der Waals surface area contributed by atoms with Crippen molar-refractivity contribution in [3.63, 3.8) is 0 Å². The van der Waals surface area contributed by atoms with Crippen molar-refractivity contribution in [2.45, 2.75) is 27.3 Å². The fourth-order valence-corrected chi connectivity index (χ4v) is 2.45. The lowest BCUT2D eigenvalue weighted by Crippen LogP contribution is -2.08. The summed E-state index contributed by atoms with van der Waals surface area (Å²) in [7, 11) is 0. The van der Waals surface area contributed by atoms with Crippen LogP contribution in [-0.2, 0) is 11.3 Å². The van der Waals surface area contributed by atoms with E-state index in [-0.39, 0.29) is 5.91 Å². The smallest absolute Gasteiger partial charge is 0.221 e. The summed E-state index contributed by atoms with van der Waals surface area (Å²) < 4.78 is 0. The maximum atomic E-state index is 11.1. The van der Waals surface area contributed by atoms with Gasteiger partial charge in [-0.05, 0) is 31.5 Å². The molecule has 100 valence electrons. The minimum Gasteiger partial charge on any atom is -0.380 e. The van der Waals surface area contributed by atoms with E-state index in [1.807, 2.05) is 37.6 Å². The summed E-state index contributed by atoms with van der Waals surface area (Å²) in [5.41, 5.74) is 5.80. The van der Waals surface area contributed by atoms with E-state index in [1.54, 1.807) is 11.3 Å². The van der Waals surface area contributed by atoms with E-state index in [9.17, 15) is 4.79 Å². The molecule has 1 aromatic carbocycles. The average Bonchev–Trinajstić information content (AvgIpc) is 2.75. The highest BCUT2D eigenvalue weighted by molar-refractivity contribution is 7.09. The summed E-state index contributed by atoms with van der Waals surface area (Å²) in [5, 5.41) is 6.18. The molecular weight excluding hydrogens is 258 g/mol. The van der Waals surface area contributed by atoms with Crippen LogP contribution >= 0.6 is 11.3 Å². The van der Waals surface area contributed by atoms with E-state index in [0.29, 0.717) is 0 Å². The van der Waals surface area contributed by atoms with Crippen LogP contribution in [0, 0.1) is 13.8 Å². The van der Waals surface area contributed by atoms with Crippen LogP contribution in [0.3, 0.4) is 0 Å². The predicted molar refractivity (Wildman–Crippen MR) is 79.7 cm³/mol. The standard InChI is InChI=1S/C14H17N3OS/c1-9-4-5-12(6-13(9)17-11(3)18)15-7-14-10(2)16-8-19-14/h4-6,8,15H,7H2,1-3H3,(H,17,18). The molecule has 5 heteroatoms. The molecule has 1 amide bonds. The Morgan fingerprint density at radius 1 is 1.37 bits per heavy atom. The van der Waals surface area contributed by atoms with E-state index < -0.39 is 0 Å². The molecule has 2 N–H and O–H groups in total. The Morgan fingerprint density at radius 2 is 2.16 bits per heavy atom. The number of hydrogen-bond acceptors (Lipinski definition) is 4. The quantitative estimate of drug-likeness (QED) is 0.900. The van der Waals surface area contributed by atoms with Crippen molar-refractivity contribution >= 4 is 28.6 Å². The van der Waals surface area contributed by atoms with Crippen molar-refractivity contribution in [1.82, 2.24) is 4.98 Å². The third-order valence-corrected chi connectivity index (χ3v) is 3.78. The van der Waals surface area contributed by atoms with Crippen LogP contribution in [0.4, 0.5) is 11.4 Å². The molecule has 19 heavy (non-hydrogen) atoms. The molecule has 4 nitrogen and oxygen atoms in total. The molecule has 2 aromatic rings. The number of carbonyl (C=O) groups is 1. The second-order valence-electron chi connectivity index (χ2n) is 4.43. The van der Waals surface area contributed by atoms with E-state index in [2.05, 4.69) is 15.6 Å². The van der Waals surface area contributed by atoms with Crippen molar-refractivity contribution in [3.8, 4) is 0 Å². The topological polar surface area (TPSA) is 54.0 Å². The Hall–Kier alpha value is -1.88. The Labute approximate surface area is 116 Å². The van der Waals surface area contributed by atoms with Gasteiger partial charge in [-0.15, -0.1) is 11.3 Å². The van der Waals surface area contributed by atoms with Gasteiger partial charge in [-0.2, -0.15) is 0 Å². The zero-order chi connectivity index (χ0) is 13.8. The molecule has 0 bridgehead atoms. The van der Waals surface area contributed by atoms with Crippen molar-refractivity contribution in [2.75, 3.05) is 10.6 Å². The van der Waals surface area contributed by atoms with E-state index in [0.717, 1.165) is 29.2 Å². The van der Waals surface area contributed by atoms with Crippen molar-refractivity contribution in [3.05, 3.63) is 39.8 Å². The molecule has 0 aliphatic heterocycles. The normalized spacial score (nSPS) is 10.3. The second kappa shape index (κ2) is 5.84. The van der Waals surface area contributed by atoms with Gasteiger partial charge >= 0.3 is 0 Å². The number of nitrogens with one attached hydrogen (secondary N) is 2. The van der Waals surface area contributed by atoms with Crippen molar-refractivity contribution in [2.24, 2.45) is 0 Å². The van der Waals surface area contributed by atoms with Crippen LogP contribution in [0.2, 0.25) is 0 Å². The maximum Gasteiger partial charge on any atom is 0.221 e. The fraction of sp³-hybridized carbons (Fsp3) is 0.286. The summed E-state index contributed by atoms with van der Waals surface area (Å²) in [5.74, 6) is -0.0569. The first-order valence-electron chi connectivity index (χ1n) is 6.07. The van der Waals surface area contributed by atoms with Gasteiger partial charge in [0, 0.05) is 23.2 Å². The van der Waals surface area contributed by atoms with Gasteiger partial charge in [0.2, 0.25) is 5.91 Å². The Balaban J connectivity index is 2.08. The summed E-state index contributed by atoms with van der Waals surface area (Å²) in [6, 6.07) is 5.96. The van der Waals surface area contributed by atoms with Gasteiger partial charge in [0.05, 0.1) is 17.7 Å². The number of hydrogen-bond donors (Lipinski definition) is 2. The summed E-state index contributed by atoms with van der Waals surface area (Å²) >= 11 is 1.64. The lowest BCUT2D eigenvalue weighted by Gasteiger charge is -2.11. The molecule has 0 radical (unpaired) electrons. The van der Waals surface area contributed by atoms with Crippen LogP contribution in [-0.4, -0.2) is 10.9 Å². The first kappa shape index (κ1) is 13.5. The minimum atomic E-state index is -0.0569. The van der Waals surface area contributed by atoms with Crippen LogP contribution in [0.5, 0.6) is 0 Å². The molecule has 0 unspecified atom stereocenters. The van der Waals surface area contributed by atoms with E-state index in [4.69, 9.17) is 0 Å². The largest absolute Gasteiger partial charge is 0.380 e. The van der Waals surface area contributed by atoms with Crippen molar-refractivity contribution in [1.29, 1.82) is 0 Å². The van der Waals surface area contributed by atoms with Crippen LogP contribution in [0.1, 0.15) is 23.1 Å². The Morgan fingerprint density at radius 3 is 2.79 bits per heavy atom. The zero-order valence-corrected chi connectivity index (χ0v) is 12.1. The number of nitrogens with zero attached hydrogens (tertiary/aromatic N) is 1. The summed E-state index contributed by atoms with van der Waals surface area (Å²) in [6.07, 6.45) is 0. The van der Waals surface area contributed by atoms with Gasteiger partial charge in [-0.25, -0.2) is 4.98 Å². The first-order valence-corrected chi connectivity index (χ1v) is 6.95. The lowest BCUT2D eigenvalue weighted by atomic mass is 10.1. The molecule has 0 aliphatic rings. The molecule has 1 aromatic heterocycles. The molecule has 0 spiro atoms. The van der Waals surface area contributed by atoms with E-state index in [1.165, 1.54) is 11.8 Å². The fourth-order valence-electron chi connectivity index (χ4n) is 1.73. The van der Waals surface area contributed by atoms with Gasteiger partial charge in [0.1, 0.15) is 0 Å². The number of aromatic nitrogens is 1. The Bertz CT molecular complexity index is 592. The maximum absolute atomic E-state index is 11.1. The van der Waals surface area contributed by atoms with Crippen LogP contribution < -0.4 is 10.6 Å². The summed E-state index contributed by atoms with van der Waals surface area (Å²) in [6.45, 7) is 6.24. The zero-order valence-electron chi connectivity index (χ0n) is 11.3. The molecule has 0 aliphatic carbocycles. The third kappa shape index (κ3) is 3.54. The highest BCUT2D eigenvalue weighted by Gasteiger charge is 2.04. The monoisotopic (exact) mass is 275 g/mol. The SMILES string of the molecule is CC(=O)Nc1cc(NCc2scnc2C)ccc1C. The molecule has 2 rings (SSSR count). The summed E-state index contributed by atoms with van der Waals surface area (Å²) in [4.78, 5) is 16.6. The first-order chi connectivity index (χ1) is 9.06. The Kier molecular flexibility index (Phi) is 4.16. The van der Waals surface area contributed by atoms with Gasteiger partial charge in [0.25, 0.3) is 0 Å². The molecule has 0 atom stereocenters. The van der Waals surface area contributed by atoms with Crippen LogP contribution in [0.25, 0.3) is 0 Å². The second-order valence-corrected chi connectivity index (χ2v) is 5.36. The van der Waals surface area contributed by atoms with Crippen LogP contribution in [0.15, 0.2) is 23.7 Å². The number of aryl methyl sites for hydroxylation is 2. The van der Waals surface area contributed by atoms with Gasteiger partial charge < -0.3 is 10.6 Å². The van der Waals surface area contributed by atoms with E-state index >= 15 is 0 Å². The number of carbonyl (C=O) groups excluding carboxylic acids is 1. The molecular formula is C14H17N3OS.